The summed E-state index contributed by atoms with van der Waals surface area (Å²) in [4.78, 5) is 41.9. The first-order valence-corrected chi connectivity index (χ1v) is 5.33. The van der Waals surface area contributed by atoms with Crippen LogP contribution in [0.2, 0.25) is 0 Å². The SMILES string of the molecule is O=C(O)C(F)CC(F)C(=O)OC(=O)C(F)CC(F)C(=O)O. The Balaban J connectivity index is 4.40. The Morgan fingerprint density at radius 2 is 1.00 bits per heavy atom. The van der Waals surface area contributed by atoms with Gasteiger partial charge in [0.2, 0.25) is 12.3 Å². The molecule has 120 valence electrons. The normalized spacial score (nSPS) is 16.4. The lowest BCUT2D eigenvalue weighted by Crippen LogP contribution is -2.32. The highest BCUT2D eigenvalue weighted by atomic mass is 19.2. The Morgan fingerprint density at radius 1 is 0.714 bits per heavy atom. The molecular formula is C10H10F4O7. The summed E-state index contributed by atoms with van der Waals surface area (Å²) in [6.45, 7) is 0. The van der Waals surface area contributed by atoms with E-state index < -0.39 is 61.4 Å². The van der Waals surface area contributed by atoms with E-state index in [0.29, 0.717) is 0 Å². The predicted octanol–water partition coefficient (Wildman–Crippen LogP) is 0.358. The van der Waals surface area contributed by atoms with Gasteiger partial charge in [0.15, 0.2) is 12.3 Å². The number of carbonyl (C=O) groups is 4. The van der Waals surface area contributed by atoms with Crippen molar-refractivity contribution >= 4 is 23.9 Å². The van der Waals surface area contributed by atoms with Crippen molar-refractivity contribution in [2.75, 3.05) is 0 Å². The molecule has 0 bridgehead atoms. The number of aliphatic carboxylic acids is 2. The largest absolute Gasteiger partial charge is 0.479 e. The molecule has 0 heterocycles. The summed E-state index contributed by atoms with van der Waals surface area (Å²) >= 11 is 0. The molecule has 0 aliphatic rings. The van der Waals surface area contributed by atoms with E-state index >= 15 is 0 Å². The molecule has 21 heavy (non-hydrogen) atoms. The second-order valence-corrected chi connectivity index (χ2v) is 3.76. The van der Waals surface area contributed by atoms with Gasteiger partial charge in [0.05, 0.1) is 0 Å². The van der Waals surface area contributed by atoms with E-state index in [1.807, 2.05) is 0 Å². The monoisotopic (exact) mass is 318 g/mol. The molecule has 0 rings (SSSR count). The van der Waals surface area contributed by atoms with Crippen LogP contribution in [-0.2, 0) is 23.9 Å². The standard InChI is InChI=1S/C10H10F4O7/c11-3(7(15)16)1-5(13)9(19)21-10(20)6(14)2-4(12)8(17)18/h3-6H,1-2H2,(H,15,16)(H,17,18). The van der Waals surface area contributed by atoms with Crippen LogP contribution in [0.4, 0.5) is 17.6 Å². The second-order valence-electron chi connectivity index (χ2n) is 3.76. The summed E-state index contributed by atoms with van der Waals surface area (Å²) in [5.41, 5.74) is 0. The Bertz CT molecular complexity index is 390. The first-order valence-electron chi connectivity index (χ1n) is 5.33. The van der Waals surface area contributed by atoms with Crippen LogP contribution in [-0.4, -0.2) is 58.8 Å². The topological polar surface area (TPSA) is 118 Å². The Labute approximate surface area is 114 Å². The van der Waals surface area contributed by atoms with Crippen LogP contribution in [0.25, 0.3) is 0 Å². The van der Waals surface area contributed by atoms with Gasteiger partial charge in [0.25, 0.3) is 0 Å². The van der Waals surface area contributed by atoms with Crippen LogP contribution in [0.15, 0.2) is 0 Å². The number of carboxylic acids is 2. The van der Waals surface area contributed by atoms with Gasteiger partial charge < -0.3 is 14.9 Å². The Hall–Kier alpha value is -2.20. The fourth-order valence-corrected chi connectivity index (χ4v) is 0.984. The van der Waals surface area contributed by atoms with Crippen molar-refractivity contribution in [2.24, 2.45) is 0 Å². The molecule has 0 aliphatic carbocycles. The minimum atomic E-state index is -2.85. The molecule has 0 aromatic heterocycles. The number of rotatable bonds is 8. The highest BCUT2D eigenvalue weighted by molar-refractivity contribution is 5.90. The van der Waals surface area contributed by atoms with Gasteiger partial charge in [-0.1, -0.05) is 0 Å². The molecule has 0 amide bonds. The highest BCUT2D eigenvalue weighted by Gasteiger charge is 2.33. The minimum Gasteiger partial charge on any atom is -0.479 e. The van der Waals surface area contributed by atoms with Gasteiger partial charge in [0.1, 0.15) is 0 Å². The first-order chi connectivity index (χ1) is 9.56. The van der Waals surface area contributed by atoms with Gasteiger partial charge in [-0.25, -0.2) is 36.7 Å². The Morgan fingerprint density at radius 3 is 1.24 bits per heavy atom. The number of hydrogen-bond donors (Lipinski definition) is 2. The number of carbonyl (C=O) groups excluding carboxylic acids is 2. The minimum absolute atomic E-state index is 1.46. The number of ether oxygens (including phenoxy) is 1. The maximum Gasteiger partial charge on any atom is 0.348 e. The summed E-state index contributed by atoms with van der Waals surface area (Å²) in [7, 11) is 0. The van der Waals surface area contributed by atoms with Gasteiger partial charge in [-0.15, -0.1) is 0 Å². The quantitative estimate of drug-likeness (QED) is 0.377. The van der Waals surface area contributed by atoms with Crippen LogP contribution < -0.4 is 0 Å². The van der Waals surface area contributed by atoms with E-state index in [9.17, 15) is 36.7 Å². The van der Waals surface area contributed by atoms with Crippen molar-refractivity contribution in [3.8, 4) is 0 Å². The zero-order valence-electron chi connectivity index (χ0n) is 10.2. The van der Waals surface area contributed by atoms with Crippen LogP contribution in [0.3, 0.4) is 0 Å². The van der Waals surface area contributed by atoms with Gasteiger partial charge in [0, 0.05) is 12.8 Å². The van der Waals surface area contributed by atoms with Gasteiger partial charge in [-0.05, 0) is 0 Å². The predicted molar refractivity (Wildman–Crippen MR) is 55.2 cm³/mol. The van der Waals surface area contributed by atoms with Crippen molar-refractivity contribution < 1.29 is 51.7 Å². The summed E-state index contributed by atoms with van der Waals surface area (Å²) in [6, 6.07) is 0. The zero-order valence-corrected chi connectivity index (χ0v) is 10.2. The molecule has 0 aromatic carbocycles. The third-order valence-electron chi connectivity index (χ3n) is 2.08. The maximum absolute atomic E-state index is 13.0. The average Bonchev–Trinajstić information content (AvgIpc) is 2.37. The summed E-state index contributed by atoms with van der Waals surface area (Å²) < 4.78 is 54.7. The summed E-state index contributed by atoms with van der Waals surface area (Å²) in [6.07, 6.45) is -14.1. The van der Waals surface area contributed by atoms with Gasteiger partial charge >= 0.3 is 23.9 Å². The maximum atomic E-state index is 13.0. The van der Waals surface area contributed by atoms with Crippen LogP contribution in [0.1, 0.15) is 12.8 Å². The lowest BCUT2D eigenvalue weighted by Gasteiger charge is -2.11. The van der Waals surface area contributed by atoms with Crippen LogP contribution >= 0.6 is 0 Å². The molecule has 4 unspecified atom stereocenters. The van der Waals surface area contributed by atoms with Gasteiger partial charge in [-0.3, -0.25) is 0 Å². The van der Waals surface area contributed by atoms with E-state index in [-0.39, 0.29) is 0 Å². The molecule has 0 radical (unpaired) electrons. The van der Waals surface area contributed by atoms with E-state index in [2.05, 4.69) is 4.74 Å². The molecule has 7 nitrogen and oxygen atoms in total. The number of carboxylic acid groups (broad SMARTS) is 2. The molecule has 0 aromatic rings. The molecule has 2 N–H and O–H groups in total. The molecule has 4 atom stereocenters. The van der Waals surface area contributed by atoms with Crippen molar-refractivity contribution in [3.63, 3.8) is 0 Å². The highest BCUT2D eigenvalue weighted by Crippen LogP contribution is 2.12. The van der Waals surface area contributed by atoms with Crippen molar-refractivity contribution in [1.82, 2.24) is 0 Å². The second kappa shape index (κ2) is 8.17. The molecular weight excluding hydrogens is 308 g/mol. The number of halogens is 4. The summed E-state index contributed by atoms with van der Waals surface area (Å²) in [5.74, 6) is -8.22. The Kier molecular flexibility index (Phi) is 7.31. The van der Waals surface area contributed by atoms with Crippen molar-refractivity contribution in [1.29, 1.82) is 0 Å². The number of hydrogen-bond acceptors (Lipinski definition) is 5. The fourth-order valence-electron chi connectivity index (χ4n) is 0.984. The smallest absolute Gasteiger partial charge is 0.348 e. The molecule has 0 spiro atoms. The lowest BCUT2D eigenvalue weighted by molar-refractivity contribution is -0.168. The van der Waals surface area contributed by atoms with E-state index in [1.54, 1.807) is 0 Å². The van der Waals surface area contributed by atoms with Crippen molar-refractivity contribution in [2.45, 2.75) is 37.5 Å². The van der Waals surface area contributed by atoms with Crippen molar-refractivity contribution in [3.05, 3.63) is 0 Å². The molecule has 0 saturated heterocycles. The van der Waals surface area contributed by atoms with E-state index in [0.717, 1.165) is 0 Å². The van der Waals surface area contributed by atoms with E-state index in [1.165, 1.54) is 0 Å². The fraction of sp³-hybridized carbons (Fsp3) is 0.600. The molecule has 0 fully saturated rings. The summed E-state index contributed by atoms with van der Waals surface area (Å²) in [5, 5.41) is 16.2. The molecule has 0 aliphatic heterocycles. The lowest BCUT2D eigenvalue weighted by atomic mass is 10.2. The van der Waals surface area contributed by atoms with Crippen LogP contribution in [0.5, 0.6) is 0 Å². The average molecular weight is 318 g/mol. The number of alkyl halides is 4. The number of esters is 2. The molecule has 11 heteroatoms. The van der Waals surface area contributed by atoms with Crippen LogP contribution in [0, 0.1) is 0 Å². The van der Waals surface area contributed by atoms with E-state index in [4.69, 9.17) is 10.2 Å². The molecule has 0 saturated carbocycles. The first kappa shape index (κ1) is 18.8. The zero-order chi connectivity index (χ0) is 16.7. The van der Waals surface area contributed by atoms with Gasteiger partial charge in [-0.2, -0.15) is 0 Å². The third kappa shape index (κ3) is 6.68. The third-order valence-corrected chi connectivity index (χ3v) is 2.08.